The molecule has 0 aliphatic heterocycles. The lowest BCUT2D eigenvalue weighted by Crippen LogP contribution is -2.55. The lowest BCUT2D eigenvalue weighted by atomic mass is 9.81. The van der Waals surface area contributed by atoms with E-state index in [2.05, 4.69) is 10.4 Å². The molecule has 0 bridgehead atoms. The van der Waals surface area contributed by atoms with Gasteiger partial charge in [0.15, 0.2) is 5.69 Å². The van der Waals surface area contributed by atoms with Crippen LogP contribution in [0.3, 0.4) is 0 Å². The van der Waals surface area contributed by atoms with E-state index < -0.39 is 11.5 Å². The Balaban J connectivity index is 1.68. The summed E-state index contributed by atoms with van der Waals surface area (Å²) in [4.78, 5) is 24.8. The van der Waals surface area contributed by atoms with Crippen LogP contribution >= 0.6 is 0 Å². The maximum Gasteiger partial charge on any atom is 0.329 e. The standard InChI is InChI=1S/C20H23N3O3/c24-18(21-20(19(25)26)12-5-2-6-13-20)17-15-10-7-11-16(15)23(22-17)14-8-3-1-4-9-14/h1,3-4,8-9H,2,5-7,10-13H2,(H,21,24)(H,25,26). The van der Waals surface area contributed by atoms with Crippen LogP contribution in [0.2, 0.25) is 0 Å². The van der Waals surface area contributed by atoms with Crippen molar-refractivity contribution in [2.45, 2.75) is 56.9 Å². The zero-order valence-electron chi connectivity index (χ0n) is 14.7. The first kappa shape index (κ1) is 16.8. The van der Waals surface area contributed by atoms with Crippen molar-refractivity contribution in [1.29, 1.82) is 0 Å². The third-order valence-electron chi connectivity index (χ3n) is 5.62. The first-order valence-corrected chi connectivity index (χ1v) is 9.33. The van der Waals surface area contributed by atoms with Gasteiger partial charge < -0.3 is 10.4 Å². The van der Waals surface area contributed by atoms with Crippen LogP contribution in [-0.2, 0) is 17.6 Å². The molecule has 0 spiro atoms. The summed E-state index contributed by atoms with van der Waals surface area (Å²) in [5.41, 5.74) is 2.18. The second-order valence-corrected chi connectivity index (χ2v) is 7.28. The summed E-state index contributed by atoms with van der Waals surface area (Å²) in [7, 11) is 0. The first-order valence-electron chi connectivity index (χ1n) is 9.33. The van der Waals surface area contributed by atoms with Crippen LogP contribution in [0.15, 0.2) is 30.3 Å². The first-order chi connectivity index (χ1) is 12.6. The number of nitrogens with zero attached hydrogens (tertiary/aromatic N) is 2. The number of carbonyl (C=O) groups excluding carboxylic acids is 1. The predicted octanol–water partition coefficient (Wildman–Crippen LogP) is 2.88. The lowest BCUT2D eigenvalue weighted by Gasteiger charge is -2.33. The molecule has 1 aromatic heterocycles. The van der Waals surface area contributed by atoms with Crippen molar-refractivity contribution in [1.82, 2.24) is 15.1 Å². The summed E-state index contributed by atoms with van der Waals surface area (Å²) in [6, 6.07) is 9.76. The van der Waals surface area contributed by atoms with Crippen molar-refractivity contribution in [2.24, 2.45) is 0 Å². The van der Waals surface area contributed by atoms with Gasteiger partial charge in [0.2, 0.25) is 0 Å². The molecule has 6 heteroatoms. The minimum atomic E-state index is -1.16. The average Bonchev–Trinajstić information content (AvgIpc) is 3.25. The molecule has 6 nitrogen and oxygen atoms in total. The average molecular weight is 353 g/mol. The molecule has 2 aliphatic carbocycles. The van der Waals surface area contributed by atoms with E-state index in [0.717, 1.165) is 55.5 Å². The Morgan fingerprint density at radius 3 is 2.46 bits per heavy atom. The fraction of sp³-hybridized carbons (Fsp3) is 0.450. The summed E-state index contributed by atoms with van der Waals surface area (Å²) in [6.45, 7) is 0. The van der Waals surface area contributed by atoms with Crippen molar-refractivity contribution in [3.05, 3.63) is 47.3 Å². The number of amides is 1. The number of hydrogen-bond donors (Lipinski definition) is 2. The number of carbonyl (C=O) groups is 2. The predicted molar refractivity (Wildman–Crippen MR) is 96.5 cm³/mol. The SMILES string of the molecule is O=C(NC1(C(=O)O)CCCCC1)c1nn(-c2ccccc2)c2c1CCC2. The Morgan fingerprint density at radius 2 is 1.77 bits per heavy atom. The number of fused-ring (bicyclic) bond motifs is 1. The number of benzene rings is 1. The van der Waals surface area contributed by atoms with Crippen LogP contribution in [-0.4, -0.2) is 32.3 Å². The van der Waals surface area contributed by atoms with Gasteiger partial charge in [0, 0.05) is 11.3 Å². The number of carboxylic acids is 1. The fourth-order valence-electron chi connectivity index (χ4n) is 4.23. The highest BCUT2D eigenvalue weighted by molar-refractivity contribution is 5.98. The minimum absolute atomic E-state index is 0.359. The minimum Gasteiger partial charge on any atom is -0.480 e. The Labute approximate surface area is 152 Å². The molecule has 0 atom stereocenters. The Kier molecular flexibility index (Phi) is 4.26. The van der Waals surface area contributed by atoms with E-state index in [1.165, 1.54) is 0 Å². The second kappa shape index (κ2) is 6.59. The molecule has 2 N–H and O–H groups in total. The summed E-state index contributed by atoms with van der Waals surface area (Å²) >= 11 is 0. The number of rotatable bonds is 4. The smallest absolute Gasteiger partial charge is 0.329 e. The molecular weight excluding hydrogens is 330 g/mol. The van der Waals surface area contributed by atoms with Crippen LogP contribution in [0.25, 0.3) is 5.69 Å². The van der Waals surface area contributed by atoms with Crippen molar-refractivity contribution >= 4 is 11.9 Å². The van der Waals surface area contributed by atoms with Gasteiger partial charge in [-0.3, -0.25) is 4.79 Å². The van der Waals surface area contributed by atoms with Crippen molar-refractivity contribution < 1.29 is 14.7 Å². The van der Waals surface area contributed by atoms with Crippen molar-refractivity contribution in [3.63, 3.8) is 0 Å². The van der Waals surface area contributed by atoms with E-state index in [0.29, 0.717) is 18.5 Å². The van der Waals surface area contributed by atoms with Gasteiger partial charge in [-0.1, -0.05) is 37.5 Å². The van der Waals surface area contributed by atoms with Gasteiger partial charge in [0.05, 0.1) is 5.69 Å². The van der Waals surface area contributed by atoms with E-state index in [1.54, 1.807) is 0 Å². The Bertz CT molecular complexity index is 835. The highest BCUT2D eigenvalue weighted by Crippen LogP contribution is 2.31. The number of hydrogen-bond acceptors (Lipinski definition) is 3. The summed E-state index contributed by atoms with van der Waals surface area (Å²) < 4.78 is 1.84. The van der Waals surface area contributed by atoms with Crippen LogP contribution in [0.5, 0.6) is 0 Å². The zero-order valence-corrected chi connectivity index (χ0v) is 14.7. The topological polar surface area (TPSA) is 84.2 Å². The van der Waals surface area contributed by atoms with Crippen LogP contribution < -0.4 is 5.32 Å². The van der Waals surface area contributed by atoms with Gasteiger partial charge in [0.25, 0.3) is 5.91 Å². The Hall–Kier alpha value is -2.63. The quantitative estimate of drug-likeness (QED) is 0.885. The van der Waals surface area contributed by atoms with E-state index >= 15 is 0 Å². The molecule has 4 rings (SSSR count). The third-order valence-corrected chi connectivity index (χ3v) is 5.62. The normalized spacial score (nSPS) is 18.3. The van der Waals surface area contributed by atoms with E-state index in [-0.39, 0.29) is 5.91 Å². The number of aromatic nitrogens is 2. The monoisotopic (exact) mass is 353 g/mol. The van der Waals surface area contributed by atoms with E-state index in [1.807, 2.05) is 35.0 Å². The molecule has 136 valence electrons. The highest BCUT2D eigenvalue weighted by atomic mass is 16.4. The Morgan fingerprint density at radius 1 is 1.04 bits per heavy atom. The zero-order chi connectivity index (χ0) is 18.1. The van der Waals surface area contributed by atoms with Crippen LogP contribution in [0.4, 0.5) is 0 Å². The molecule has 0 radical (unpaired) electrons. The second-order valence-electron chi connectivity index (χ2n) is 7.28. The van der Waals surface area contributed by atoms with E-state index in [9.17, 15) is 14.7 Å². The molecule has 2 aliphatic rings. The largest absolute Gasteiger partial charge is 0.480 e. The van der Waals surface area contributed by atoms with Crippen molar-refractivity contribution in [2.75, 3.05) is 0 Å². The number of nitrogens with one attached hydrogen (secondary N) is 1. The fourth-order valence-corrected chi connectivity index (χ4v) is 4.23. The summed E-state index contributed by atoms with van der Waals surface area (Å²) in [6.07, 6.45) is 6.31. The molecule has 2 aromatic rings. The molecule has 0 saturated heterocycles. The maximum atomic E-state index is 13.0. The van der Waals surface area contributed by atoms with E-state index in [4.69, 9.17) is 0 Å². The van der Waals surface area contributed by atoms with Gasteiger partial charge in [-0.2, -0.15) is 5.10 Å². The third kappa shape index (κ3) is 2.79. The molecule has 1 fully saturated rings. The molecule has 1 saturated carbocycles. The van der Waals surface area contributed by atoms with Gasteiger partial charge in [-0.15, -0.1) is 0 Å². The van der Waals surface area contributed by atoms with Gasteiger partial charge >= 0.3 is 5.97 Å². The molecule has 1 aromatic carbocycles. The molecule has 1 amide bonds. The van der Waals surface area contributed by atoms with Crippen LogP contribution in [0.1, 0.15) is 60.3 Å². The molecular formula is C20H23N3O3. The van der Waals surface area contributed by atoms with Crippen LogP contribution in [0, 0.1) is 0 Å². The summed E-state index contributed by atoms with van der Waals surface area (Å²) in [5.74, 6) is -1.30. The number of carboxylic acid groups (broad SMARTS) is 1. The lowest BCUT2D eigenvalue weighted by molar-refractivity contribution is -0.145. The number of aliphatic carboxylic acids is 1. The summed E-state index contributed by atoms with van der Waals surface area (Å²) in [5, 5.41) is 17.1. The molecule has 0 unspecified atom stereocenters. The molecule has 1 heterocycles. The highest BCUT2D eigenvalue weighted by Gasteiger charge is 2.42. The molecule has 26 heavy (non-hydrogen) atoms. The van der Waals surface area contributed by atoms with Gasteiger partial charge in [0.1, 0.15) is 5.54 Å². The van der Waals surface area contributed by atoms with Gasteiger partial charge in [-0.25, -0.2) is 9.48 Å². The maximum absolute atomic E-state index is 13.0. The number of para-hydroxylation sites is 1. The van der Waals surface area contributed by atoms with Gasteiger partial charge in [-0.05, 0) is 44.2 Å². The van der Waals surface area contributed by atoms with Crippen molar-refractivity contribution in [3.8, 4) is 5.69 Å².